The molecule has 0 radical (unpaired) electrons. The van der Waals surface area contributed by atoms with E-state index in [1.54, 1.807) is 11.3 Å². The van der Waals surface area contributed by atoms with Crippen molar-refractivity contribution in [2.45, 2.75) is 19.2 Å². The largest absolute Gasteiger partial charge is 0.238 e. The van der Waals surface area contributed by atoms with Crippen LogP contribution in [0.1, 0.15) is 22.1 Å². The third-order valence-electron chi connectivity index (χ3n) is 2.00. The van der Waals surface area contributed by atoms with Gasteiger partial charge in [-0.25, -0.2) is 9.97 Å². The van der Waals surface area contributed by atoms with E-state index in [1.165, 1.54) is 4.88 Å². The summed E-state index contributed by atoms with van der Waals surface area (Å²) in [4.78, 5) is 10.1. The summed E-state index contributed by atoms with van der Waals surface area (Å²) < 4.78 is 0. The van der Waals surface area contributed by atoms with Crippen LogP contribution in [0.4, 0.5) is 0 Å². The predicted molar refractivity (Wildman–Crippen MR) is 63.5 cm³/mol. The van der Waals surface area contributed by atoms with Gasteiger partial charge in [-0.1, -0.05) is 6.07 Å². The highest BCUT2D eigenvalue weighted by molar-refractivity contribution is 7.09. The molecule has 15 heavy (non-hydrogen) atoms. The molecule has 2 aromatic rings. The van der Waals surface area contributed by atoms with Crippen LogP contribution in [0.15, 0.2) is 23.6 Å². The number of aromatic nitrogens is 2. The highest BCUT2D eigenvalue weighted by Gasteiger charge is 2.03. The van der Waals surface area contributed by atoms with Crippen molar-refractivity contribution < 1.29 is 0 Å². The molecule has 0 aliphatic rings. The number of hydrogen-bond acceptors (Lipinski definition) is 3. The van der Waals surface area contributed by atoms with E-state index in [4.69, 9.17) is 11.6 Å². The van der Waals surface area contributed by atoms with Gasteiger partial charge < -0.3 is 0 Å². The second-order valence-corrected chi connectivity index (χ2v) is 4.61. The molecule has 0 bridgehead atoms. The minimum atomic E-state index is 0.445. The number of thiophene rings is 1. The summed E-state index contributed by atoms with van der Waals surface area (Å²) in [6.45, 7) is 1.97. The fourth-order valence-electron chi connectivity index (χ4n) is 1.42. The molecule has 2 aromatic heterocycles. The topological polar surface area (TPSA) is 25.8 Å². The number of alkyl halides is 1. The van der Waals surface area contributed by atoms with Crippen LogP contribution in [0.2, 0.25) is 0 Å². The molecule has 0 fully saturated rings. The zero-order chi connectivity index (χ0) is 10.7. The maximum Gasteiger partial charge on any atom is 0.134 e. The Morgan fingerprint density at radius 3 is 2.93 bits per heavy atom. The van der Waals surface area contributed by atoms with E-state index < -0.39 is 0 Å². The molecule has 2 nitrogen and oxygen atoms in total. The van der Waals surface area contributed by atoms with Gasteiger partial charge in [-0.2, -0.15) is 0 Å². The van der Waals surface area contributed by atoms with Gasteiger partial charge in [0.05, 0.1) is 11.6 Å². The van der Waals surface area contributed by atoms with Gasteiger partial charge in [0.1, 0.15) is 5.82 Å². The SMILES string of the molecule is Cc1cc(CCl)nc(Cc2cccs2)n1. The summed E-state index contributed by atoms with van der Waals surface area (Å²) in [6, 6.07) is 6.06. The molecule has 0 unspecified atom stereocenters. The van der Waals surface area contributed by atoms with Gasteiger partial charge in [0.25, 0.3) is 0 Å². The van der Waals surface area contributed by atoms with E-state index in [-0.39, 0.29) is 0 Å². The quantitative estimate of drug-likeness (QED) is 0.768. The lowest BCUT2D eigenvalue weighted by atomic mass is 10.3. The van der Waals surface area contributed by atoms with Gasteiger partial charge >= 0.3 is 0 Å². The first-order valence-electron chi connectivity index (χ1n) is 4.69. The monoisotopic (exact) mass is 238 g/mol. The van der Waals surface area contributed by atoms with Crippen LogP contribution in [0.25, 0.3) is 0 Å². The smallest absolute Gasteiger partial charge is 0.134 e. The highest BCUT2D eigenvalue weighted by Crippen LogP contribution is 2.13. The minimum Gasteiger partial charge on any atom is -0.238 e. The van der Waals surface area contributed by atoms with Crippen molar-refractivity contribution in [3.8, 4) is 0 Å². The van der Waals surface area contributed by atoms with Crippen LogP contribution in [0, 0.1) is 6.92 Å². The van der Waals surface area contributed by atoms with E-state index in [0.717, 1.165) is 23.6 Å². The number of hydrogen-bond donors (Lipinski definition) is 0. The molecule has 0 saturated carbocycles. The summed E-state index contributed by atoms with van der Waals surface area (Å²) in [5.41, 5.74) is 1.88. The Balaban J connectivity index is 2.24. The lowest BCUT2D eigenvalue weighted by Crippen LogP contribution is -2.00. The van der Waals surface area contributed by atoms with Crippen molar-refractivity contribution >= 4 is 22.9 Å². The Morgan fingerprint density at radius 1 is 1.40 bits per heavy atom. The molecular formula is C11H11ClN2S. The average molecular weight is 239 g/mol. The zero-order valence-electron chi connectivity index (χ0n) is 8.40. The van der Waals surface area contributed by atoms with Crippen molar-refractivity contribution in [2.75, 3.05) is 0 Å². The fourth-order valence-corrected chi connectivity index (χ4v) is 2.25. The fraction of sp³-hybridized carbons (Fsp3) is 0.273. The van der Waals surface area contributed by atoms with E-state index >= 15 is 0 Å². The summed E-state index contributed by atoms with van der Waals surface area (Å²) in [5.74, 6) is 1.30. The molecule has 0 amide bonds. The molecule has 78 valence electrons. The van der Waals surface area contributed by atoms with Gasteiger partial charge in [-0.05, 0) is 24.4 Å². The second-order valence-electron chi connectivity index (χ2n) is 3.31. The van der Waals surface area contributed by atoms with Crippen molar-refractivity contribution in [1.82, 2.24) is 9.97 Å². The van der Waals surface area contributed by atoms with E-state index in [9.17, 15) is 0 Å². The standard InChI is InChI=1S/C11H11ClN2S/c1-8-5-9(7-12)14-11(13-8)6-10-3-2-4-15-10/h2-5H,6-7H2,1H3. The number of rotatable bonds is 3. The molecule has 2 rings (SSSR count). The Labute approximate surface area is 98.0 Å². The molecule has 0 N–H and O–H groups in total. The van der Waals surface area contributed by atoms with Crippen LogP contribution < -0.4 is 0 Å². The first-order chi connectivity index (χ1) is 7.28. The highest BCUT2D eigenvalue weighted by atomic mass is 35.5. The molecular weight excluding hydrogens is 228 g/mol. The molecule has 2 heterocycles. The van der Waals surface area contributed by atoms with Crippen LogP contribution in [0.3, 0.4) is 0 Å². The molecule has 4 heteroatoms. The Morgan fingerprint density at radius 2 is 2.27 bits per heavy atom. The molecule has 0 saturated heterocycles. The van der Waals surface area contributed by atoms with Gasteiger partial charge in [0.15, 0.2) is 0 Å². The van der Waals surface area contributed by atoms with Gasteiger partial charge in [0.2, 0.25) is 0 Å². The Bertz CT molecular complexity index is 440. The first-order valence-corrected chi connectivity index (χ1v) is 6.11. The first kappa shape index (κ1) is 10.6. The minimum absolute atomic E-state index is 0.445. The van der Waals surface area contributed by atoms with E-state index in [1.807, 2.05) is 19.1 Å². The lowest BCUT2D eigenvalue weighted by molar-refractivity contribution is 0.920. The Hall–Kier alpha value is -0.930. The molecule has 0 atom stereocenters. The zero-order valence-corrected chi connectivity index (χ0v) is 9.98. The van der Waals surface area contributed by atoms with Crippen molar-refractivity contribution in [2.24, 2.45) is 0 Å². The van der Waals surface area contributed by atoms with Crippen LogP contribution in [-0.4, -0.2) is 9.97 Å². The third kappa shape index (κ3) is 2.76. The molecule has 0 aliphatic heterocycles. The normalized spacial score (nSPS) is 10.5. The number of nitrogens with zero attached hydrogens (tertiary/aromatic N) is 2. The lowest BCUT2D eigenvalue weighted by Gasteiger charge is -2.02. The number of halogens is 1. The predicted octanol–water partition coefficient (Wildman–Crippen LogP) is 3.18. The van der Waals surface area contributed by atoms with Crippen molar-refractivity contribution in [1.29, 1.82) is 0 Å². The third-order valence-corrected chi connectivity index (χ3v) is 3.15. The van der Waals surface area contributed by atoms with Crippen LogP contribution in [-0.2, 0) is 12.3 Å². The molecule has 0 aromatic carbocycles. The maximum absolute atomic E-state index is 5.77. The van der Waals surface area contributed by atoms with Crippen LogP contribution in [0.5, 0.6) is 0 Å². The van der Waals surface area contributed by atoms with Gasteiger partial charge in [-0.3, -0.25) is 0 Å². The average Bonchev–Trinajstić information content (AvgIpc) is 2.69. The van der Waals surface area contributed by atoms with Crippen molar-refractivity contribution in [3.05, 3.63) is 45.7 Å². The number of aryl methyl sites for hydroxylation is 1. The Kier molecular flexibility index (Phi) is 3.34. The summed E-state index contributed by atoms with van der Waals surface area (Å²) in [5, 5.41) is 2.06. The van der Waals surface area contributed by atoms with Gasteiger partial charge in [0, 0.05) is 17.0 Å². The van der Waals surface area contributed by atoms with E-state index in [2.05, 4.69) is 21.4 Å². The summed E-state index contributed by atoms with van der Waals surface area (Å²) >= 11 is 7.49. The maximum atomic E-state index is 5.77. The molecule has 0 spiro atoms. The second kappa shape index (κ2) is 4.73. The van der Waals surface area contributed by atoms with Crippen molar-refractivity contribution in [3.63, 3.8) is 0 Å². The van der Waals surface area contributed by atoms with E-state index in [0.29, 0.717) is 5.88 Å². The summed E-state index contributed by atoms with van der Waals surface area (Å²) in [6.07, 6.45) is 0.795. The molecule has 0 aliphatic carbocycles. The van der Waals surface area contributed by atoms with Crippen LogP contribution >= 0.6 is 22.9 Å². The van der Waals surface area contributed by atoms with Gasteiger partial charge in [-0.15, -0.1) is 22.9 Å². The summed E-state index contributed by atoms with van der Waals surface area (Å²) in [7, 11) is 0.